The lowest BCUT2D eigenvalue weighted by molar-refractivity contribution is 0.0696. The highest BCUT2D eigenvalue weighted by Gasteiger charge is 2.29. The summed E-state index contributed by atoms with van der Waals surface area (Å²) in [5, 5.41) is 9.05. The van der Waals surface area contributed by atoms with Gasteiger partial charge in [-0.3, -0.25) is 4.90 Å². The van der Waals surface area contributed by atoms with Crippen molar-refractivity contribution in [2.24, 2.45) is 5.92 Å². The molecule has 0 radical (unpaired) electrons. The average molecular weight is 259 g/mol. The van der Waals surface area contributed by atoms with Crippen molar-refractivity contribution in [3.63, 3.8) is 0 Å². The third-order valence-corrected chi connectivity index (χ3v) is 4.63. The predicted molar refractivity (Wildman–Crippen MR) is 74.1 cm³/mol. The summed E-state index contributed by atoms with van der Waals surface area (Å²) >= 11 is 0. The van der Waals surface area contributed by atoms with E-state index in [1.54, 1.807) is 6.07 Å². The number of benzene rings is 1. The number of hydrogen-bond acceptors (Lipinski definition) is 2. The van der Waals surface area contributed by atoms with E-state index < -0.39 is 5.97 Å². The fraction of sp³-hybridized carbons (Fsp3) is 0.562. The van der Waals surface area contributed by atoms with Crippen LogP contribution in [0, 0.1) is 5.92 Å². The molecule has 1 heterocycles. The highest BCUT2D eigenvalue weighted by molar-refractivity contribution is 5.87. The molecule has 102 valence electrons. The zero-order valence-corrected chi connectivity index (χ0v) is 11.4. The molecule has 0 bridgehead atoms. The van der Waals surface area contributed by atoms with E-state index in [0.29, 0.717) is 11.6 Å². The molecule has 0 saturated heterocycles. The molecule has 2 unspecified atom stereocenters. The zero-order chi connectivity index (χ0) is 13.4. The second-order valence-electron chi connectivity index (χ2n) is 6.12. The molecular formula is C16H21NO2. The van der Waals surface area contributed by atoms with E-state index >= 15 is 0 Å². The van der Waals surface area contributed by atoms with Gasteiger partial charge in [-0.1, -0.05) is 25.8 Å². The summed E-state index contributed by atoms with van der Waals surface area (Å²) in [6.07, 6.45) is 5.28. The monoisotopic (exact) mass is 259 g/mol. The van der Waals surface area contributed by atoms with Gasteiger partial charge >= 0.3 is 5.97 Å². The highest BCUT2D eigenvalue weighted by atomic mass is 16.4. The van der Waals surface area contributed by atoms with Crippen LogP contribution in [0.5, 0.6) is 0 Å². The van der Waals surface area contributed by atoms with Gasteiger partial charge in [-0.05, 0) is 42.0 Å². The van der Waals surface area contributed by atoms with Crippen LogP contribution >= 0.6 is 0 Å². The number of fused-ring (bicyclic) bond motifs is 1. The minimum atomic E-state index is -0.826. The maximum Gasteiger partial charge on any atom is 0.335 e. The summed E-state index contributed by atoms with van der Waals surface area (Å²) in [5.41, 5.74) is 2.93. The van der Waals surface area contributed by atoms with Gasteiger partial charge in [0.1, 0.15) is 0 Å². The van der Waals surface area contributed by atoms with Crippen molar-refractivity contribution in [1.29, 1.82) is 0 Å². The highest BCUT2D eigenvalue weighted by Crippen LogP contribution is 2.33. The number of carboxylic acids is 1. The van der Waals surface area contributed by atoms with Gasteiger partial charge in [-0.25, -0.2) is 4.79 Å². The van der Waals surface area contributed by atoms with Gasteiger partial charge in [0, 0.05) is 19.1 Å². The van der Waals surface area contributed by atoms with E-state index in [1.807, 2.05) is 12.1 Å². The molecule has 1 aliphatic heterocycles. The van der Waals surface area contributed by atoms with Crippen molar-refractivity contribution in [3.05, 3.63) is 34.9 Å². The van der Waals surface area contributed by atoms with E-state index in [2.05, 4.69) is 11.8 Å². The second kappa shape index (κ2) is 4.97. The normalized spacial score (nSPS) is 27.2. The quantitative estimate of drug-likeness (QED) is 0.886. The summed E-state index contributed by atoms with van der Waals surface area (Å²) in [4.78, 5) is 13.5. The SMILES string of the molecule is CC1CCCC(N2Cc3ccc(C(=O)O)cc3C2)C1. The number of aromatic carboxylic acids is 1. The first-order valence-corrected chi connectivity index (χ1v) is 7.22. The van der Waals surface area contributed by atoms with Gasteiger partial charge in [0.25, 0.3) is 0 Å². The zero-order valence-electron chi connectivity index (χ0n) is 11.4. The van der Waals surface area contributed by atoms with Crippen LogP contribution in [-0.4, -0.2) is 22.0 Å². The van der Waals surface area contributed by atoms with Gasteiger partial charge in [-0.15, -0.1) is 0 Å². The van der Waals surface area contributed by atoms with Crippen molar-refractivity contribution < 1.29 is 9.90 Å². The summed E-state index contributed by atoms with van der Waals surface area (Å²) in [5.74, 6) is 0.00424. The van der Waals surface area contributed by atoms with Gasteiger partial charge in [-0.2, -0.15) is 0 Å². The van der Waals surface area contributed by atoms with Crippen molar-refractivity contribution in [1.82, 2.24) is 4.90 Å². The number of carboxylic acid groups (broad SMARTS) is 1. The standard InChI is InChI=1S/C16H21NO2/c1-11-3-2-4-15(7-11)17-9-13-6-5-12(16(18)19)8-14(13)10-17/h5-6,8,11,15H,2-4,7,9-10H2,1H3,(H,18,19). The lowest BCUT2D eigenvalue weighted by Crippen LogP contribution is -2.34. The Morgan fingerprint density at radius 2 is 2.05 bits per heavy atom. The molecule has 1 saturated carbocycles. The Hall–Kier alpha value is -1.35. The first-order valence-electron chi connectivity index (χ1n) is 7.22. The fourth-order valence-electron chi connectivity index (χ4n) is 3.55. The Morgan fingerprint density at radius 1 is 1.26 bits per heavy atom. The molecule has 1 aromatic carbocycles. The number of nitrogens with zero attached hydrogens (tertiary/aromatic N) is 1. The third-order valence-electron chi connectivity index (χ3n) is 4.63. The molecule has 3 heteroatoms. The van der Waals surface area contributed by atoms with Crippen LogP contribution in [0.2, 0.25) is 0 Å². The molecule has 2 atom stereocenters. The van der Waals surface area contributed by atoms with Crippen LogP contribution in [0.15, 0.2) is 18.2 Å². The van der Waals surface area contributed by atoms with Gasteiger partial charge in [0.15, 0.2) is 0 Å². The van der Waals surface area contributed by atoms with Crippen molar-refractivity contribution in [3.8, 4) is 0 Å². The van der Waals surface area contributed by atoms with Gasteiger partial charge in [0.2, 0.25) is 0 Å². The Balaban J connectivity index is 1.74. The van der Waals surface area contributed by atoms with Crippen LogP contribution in [-0.2, 0) is 13.1 Å². The minimum absolute atomic E-state index is 0.414. The number of carbonyl (C=O) groups is 1. The average Bonchev–Trinajstić information content (AvgIpc) is 2.81. The molecule has 1 aromatic rings. The van der Waals surface area contributed by atoms with Crippen molar-refractivity contribution >= 4 is 5.97 Å². The van der Waals surface area contributed by atoms with Gasteiger partial charge in [0.05, 0.1) is 5.56 Å². The van der Waals surface area contributed by atoms with Crippen LogP contribution in [0.1, 0.15) is 54.1 Å². The molecule has 3 nitrogen and oxygen atoms in total. The van der Waals surface area contributed by atoms with E-state index in [-0.39, 0.29) is 0 Å². The van der Waals surface area contributed by atoms with Crippen molar-refractivity contribution in [2.75, 3.05) is 0 Å². The third kappa shape index (κ3) is 2.52. The topological polar surface area (TPSA) is 40.5 Å². The van der Waals surface area contributed by atoms with Gasteiger partial charge < -0.3 is 5.11 Å². The first-order chi connectivity index (χ1) is 9.13. The molecule has 2 aliphatic rings. The molecular weight excluding hydrogens is 238 g/mol. The number of rotatable bonds is 2. The molecule has 19 heavy (non-hydrogen) atoms. The first kappa shape index (κ1) is 12.7. The van der Waals surface area contributed by atoms with E-state index in [4.69, 9.17) is 5.11 Å². The predicted octanol–water partition coefficient (Wildman–Crippen LogP) is 3.28. The van der Waals surface area contributed by atoms with E-state index in [9.17, 15) is 4.79 Å². The summed E-state index contributed by atoms with van der Waals surface area (Å²) in [6, 6.07) is 6.26. The lowest BCUT2D eigenvalue weighted by Gasteiger charge is -2.33. The maximum absolute atomic E-state index is 11.0. The Kier molecular flexibility index (Phi) is 3.31. The molecule has 0 amide bonds. The van der Waals surface area contributed by atoms with Crippen LogP contribution in [0.4, 0.5) is 0 Å². The smallest absolute Gasteiger partial charge is 0.335 e. The van der Waals surface area contributed by atoms with E-state index in [1.165, 1.54) is 36.8 Å². The Bertz CT molecular complexity index is 498. The molecule has 1 N–H and O–H groups in total. The Labute approximate surface area is 114 Å². The van der Waals surface area contributed by atoms with Crippen LogP contribution < -0.4 is 0 Å². The van der Waals surface area contributed by atoms with Crippen molar-refractivity contribution in [2.45, 2.75) is 51.7 Å². The molecule has 0 spiro atoms. The van der Waals surface area contributed by atoms with Crippen LogP contribution in [0.3, 0.4) is 0 Å². The maximum atomic E-state index is 11.0. The lowest BCUT2D eigenvalue weighted by atomic mass is 9.86. The molecule has 1 fully saturated rings. The second-order valence-corrected chi connectivity index (χ2v) is 6.12. The Morgan fingerprint density at radius 3 is 2.79 bits per heavy atom. The fourth-order valence-corrected chi connectivity index (χ4v) is 3.55. The molecule has 1 aliphatic carbocycles. The summed E-state index contributed by atoms with van der Waals surface area (Å²) < 4.78 is 0. The molecule has 0 aromatic heterocycles. The van der Waals surface area contributed by atoms with E-state index in [0.717, 1.165) is 19.0 Å². The summed E-state index contributed by atoms with van der Waals surface area (Å²) in [6.45, 7) is 4.26. The largest absolute Gasteiger partial charge is 0.478 e. The number of hydrogen-bond donors (Lipinski definition) is 1. The minimum Gasteiger partial charge on any atom is -0.478 e. The van der Waals surface area contributed by atoms with Crippen LogP contribution in [0.25, 0.3) is 0 Å². The molecule has 3 rings (SSSR count). The summed E-state index contributed by atoms with van der Waals surface area (Å²) in [7, 11) is 0.